The number of nitrogen functional groups attached to an aromatic ring is 1. The molecule has 0 spiro atoms. The molecule has 0 bridgehead atoms. The molecule has 3 N–H and O–H groups in total. The first kappa shape index (κ1) is 13.8. The van der Waals surface area contributed by atoms with Gasteiger partial charge in [-0.15, -0.1) is 0 Å². The summed E-state index contributed by atoms with van der Waals surface area (Å²) in [5.41, 5.74) is 2.43. The highest BCUT2D eigenvalue weighted by molar-refractivity contribution is 5.38. The Bertz CT molecular complexity index is 420. The van der Waals surface area contributed by atoms with Gasteiger partial charge in [0.15, 0.2) is 0 Å². The Morgan fingerprint density at radius 3 is 2.58 bits per heavy atom. The molecule has 2 atom stereocenters. The minimum Gasteiger partial charge on any atom is -0.464 e. The van der Waals surface area contributed by atoms with Gasteiger partial charge in [-0.05, 0) is 20.8 Å². The quantitative estimate of drug-likeness (QED) is 0.589. The van der Waals surface area contributed by atoms with E-state index in [1.165, 1.54) is 0 Å². The van der Waals surface area contributed by atoms with Gasteiger partial charge in [-0.2, -0.15) is 15.0 Å². The van der Waals surface area contributed by atoms with Gasteiger partial charge in [-0.3, -0.25) is 5.43 Å². The van der Waals surface area contributed by atoms with Gasteiger partial charge in [0.25, 0.3) is 0 Å². The predicted octanol–water partition coefficient (Wildman–Crippen LogP) is 0.169. The molecule has 1 fully saturated rings. The molecule has 2 unspecified atom stereocenters. The molecular formula is C11H20N6O2. The fourth-order valence-corrected chi connectivity index (χ4v) is 2.09. The Balaban J connectivity index is 2.24. The molecule has 19 heavy (non-hydrogen) atoms. The molecule has 0 amide bonds. The summed E-state index contributed by atoms with van der Waals surface area (Å²) in [6.45, 7) is 7.86. The molecule has 1 saturated heterocycles. The van der Waals surface area contributed by atoms with E-state index in [0.29, 0.717) is 18.5 Å². The van der Waals surface area contributed by atoms with E-state index in [1.807, 2.05) is 25.7 Å². The van der Waals surface area contributed by atoms with E-state index in [-0.39, 0.29) is 18.2 Å². The Morgan fingerprint density at radius 2 is 2.00 bits per heavy atom. The van der Waals surface area contributed by atoms with Gasteiger partial charge in [-0.25, -0.2) is 5.84 Å². The van der Waals surface area contributed by atoms with E-state index in [1.54, 1.807) is 0 Å². The van der Waals surface area contributed by atoms with Gasteiger partial charge in [0, 0.05) is 13.1 Å². The number of nitrogens with zero attached hydrogens (tertiary/aromatic N) is 4. The van der Waals surface area contributed by atoms with E-state index < -0.39 is 0 Å². The van der Waals surface area contributed by atoms with Gasteiger partial charge in [0.1, 0.15) is 0 Å². The number of aromatic nitrogens is 3. The number of anilines is 2. The molecule has 1 aromatic heterocycles. The van der Waals surface area contributed by atoms with Crippen molar-refractivity contribution in [3.05, 3.63) is 0 Å². The summed E-state index contributed by atoms with van der Waals surface area (Å²) >= 11 is 0. The molecule has 2 rings (SSSR count). The molecule has 106 valence electrons. The number of hydrogen-bond donors (Lipinski definition) is 2. The summed E-state index contributed by atoms with van der Waals surface area (Å²) < 4.78 is 11.0. The number of nitrogens with two attached hydrogens (primary N) is 1. The average molecular weight is 268 g/mol. The molecule has 8 heteroatoms. The standard InChI is InChI=1S/C11H20N6O2/c1-4-18-11-14-9(16-12)13-10(15-11)17-5-7(2)19-8(3)6-17/h7-8H,4-6,12H2,1-3H3,(H,13,14,15,16). The third-order valence-corrected chi connectivity index (χ3v) is 2.71. The minimum absolute atomic E-state index is 0.130. The Kier molecular flexibility index (Phi) is 4.33. The van der Waals surface area contributed by atoms with Crippen LogP contribution in [0.1, 0.15) is 20.8 Å². The molecule has 1 aliphatic rings. The Hall–Kier alpha value is -1.67. The summed E-state index contributed by atoms with van der Waals surface area (Å²) in [5.74, 6) is 6.21. The summed E-state index contributed by atoms with van der Waals surface area (Å²) in [6.07, 6.45) is 0.260. The number of nitrogens with one attached hydrogen (secondary N) is 1. The Labute approximate surface area is 112 Å². The number of morpholine rings is 1. The Morgan fingerprint density at radius 1 is 1.32 bits per heavy atom. The van der Waals surface area contributed by atoms with Gasteiger partial charge in [0.05, 0.1) is 18.8 Å². The summed E-state index contributed by atoms with van der Waals surface area (Å²) in [5, 5.41) is 0. The van der Waals surface area contributed by atoms with Crippen LogP contribution in [0.25, 0.3) is 0 Å². The molecular weight excluding hydrogens is 248 g/mol. The molecule has 1 aromatic rings. The average Bonchev–Trinajstić information content (AvgIpc) is 2.37. The molecule has 0 aliphatic carbocycles. The molecule has 8 nitrogen and oxygen atoms in total. The van der Waals surface area contributed by atoms with Gasteiger partial charge >= 0.3 is 6.01 Å². The molecule has 0 saturated carbocycles. The van der Waals surface area contributed by atoms with Crippen LogP contribution in [0.15, 0.2) is 0 Å². The zero-order valence-corrected chi connectivity index (χ0v) is 11.5. The molecule has 2 heterocycles. The van der Waals surface area contributed by atoms with Crippen molar-refractivity contribution < 1.29 is 9.47 Å². The van der Waals surface area contributed by atoms with Gasteiger partial charge in [-0.1, -0.05) is 0 Å². The fraction of sp³-hybridized carbons (Fsp3) is 0.727. The van der Waals surface area contributed by atoms with Crippen LogP contribution < -0.4 is 20.9 Å². The van der Waals surface area contributed by atoms with Crippen molar-refractivity contribution in [2.75, 3.05) is 30.0 Å². The van der Waals surface area contributed by atoms with Crippen LogP contribution in [0.5, 0.6) is 6.01 Å². The fourth-order valence-electron chi connectivity index (χ4n) is 2.09. The van der Waals surface area contributed by atoms with Crippen LogP contribution in [0.2, 0.25) is 0 Å². The highest BCUT2D eigenvalue weighted by Crippen LogP contribution is 2.19. The van der Waals surface area contributed by atoms with E-state index in [9.17, 15) is 0 Å². The first-order valence-corrected chi connectivity index (χ1v) is 6.38. The van der Waals surface area contributed by atoms with Crippen molar-refractivity contribution in [3.8, 4) is 6.01 Å². The monoisotopic (exact) mass is 268 g/mol. The SMILES string of the molecule is CCOc1nc(NN)nc(N2CC(C)OC(C)C2)n1. The third kappa shape index (κ3) is 3.42. The van der Waals surface area contributed by atoms with E-state index in [0.717, 1.165) is 13.1 Å². The van der Waals surface area contributed by atoms with Crippen molar-refractivity contribution in [2.45, 2.75) is 33.0 Å². The van der Waals surface area contributed by atoms with Crippen LogP contribution in [0.3, 0.4) is 0 Å². The van der Waals surface area contributed by atoms with Gasteiger partial charge < -0.3 is 14.4 Å². The maximum atomic E-state index is 5.69. The second-order valence-corrected chi connectivity index (χ2v) is 4.48. The van der Waals surface area contributed by atoms with Crippen molar-refractivity contribution in [1.29, 1.82) is 0 Å². The first-order chi connectivity index (χ1) is 9.12. The minimum atomic E-state index is 0.130. The predicted molar refractivity (Wildman–Crippen MR) is 71.0 cm³/mol. The largest absolute Gasteiger partial charge is 0.464 e. The number of hydrogen-bond acceptors (Lipinski definition) is 8. The van der Waals surface area contributed by atoms with Crippen molar-refractivity contribution in [1.82, 2.24) is 15.0 Å². The van der Waals surface area contributed by atoms with E-state index in [4.69, 9.17) is 15.3 Å². The van der Waals surface area contributed by atoms with Crippen LogP contribution >= 0.6 is 0 Å². The lowest BCUT2D eigenvalue weighted by molar-refractivity contribution is -0.00577. The van der Waals surface area contributed by atoms with Crippen molar-refractivity contribution in [3.63, 3.8) is 0 Å². The van der Waals surface area contributed by atoms with Crippen LogP contribution in [0, 0.1) is 0 Å². The lowest BCUT2D eigenvalue weighted by Gasteiger charge is -2.35. The highest BCUT2D eigenvalue weighted by atomic mass is 16.5. The second-order valence-electron chi connectivity index (χ2n) is 4.48. The second kappa shape index (κ2) is 5.98. The summed E-state index contributed by atoms with van der Waals surface area (Å²) in [6, 6.07) is 0.271. The molecule has 0 radical (unpaired) electrons. The lowest BCUT2D eigenvalue weighted by atomic mass is 10.2. The topological polar surface area (TPSA) is 98.4 Å². The maximum absolute atomic E-state index is 5.69. The van der Waals surface area contributed by atoms with Crippen molar-refractivity contribution >= 4 is 11.9 Å². The first-order valence-electron chi connectivity index (χ1n) is 6.38. The highest BCUT2D eigenvalue weighted by Gasteiger charge is 2.25. The zero-order valence-electron chi connectivity index (χ0n) is 11.5. The zero-order chi connectivity index (χ0) is 13.8. The summed E-state index contributed by atoms with van der Waals surface area (Å²) in [7, 11) is 0. The maximum Gasteiger partial charge on any atom is 0.323 e. The van der Waals surface area contributed by atoms with Gasteiger partial charge in [0.2, 0.25) is 11.9 Å². The van der Waals surface area contributed by atoms with Crippen LogP contribution in [-0.4, -0.2) is 46.9 Å². The van der Waals surface area contributed by atoms with Crippen LogP contribution in [-0.2, 0) is 4.74 Å². The smallest absolute Gasteiger partial charge is 0.323 e. The number of rotatable bonds is 4. The third-order valence-electron chi connectivity index (χ3n) is 2.71. The van der Waals surface area contributed by atoms with E-state index in [2.05, 4.69) is 20.4 Å². The van der Waals surface area contributed by atoms with Crippen molar-refractivity contribution in [2.24, 2.45) is 5.84 Å². The normalized spacial score (nSPS) is 23.3. The lowest BCUT2D eigenvalue weighted by Crippen LogP contribution is -2.46. The summed E-state index contributed by atoms with van der Waals surface area (Å²) in [4.78, 5) is 14.6. The molecule has 0 aromatic carbocycles. The number of ether oxygens (including phenoxy) is 2. The molecule has 1 aliphatic heterocycles. The van der Waals surface area contributed by atoms with E-state index >= 15 is 0 Å². The number of hydrazine groups is 1. The van der Waals surface area contributed by atoms with Crippen LogP contribution in [0.4, 0.5) is 11.9 Å².